The Morgan fingerprint density at radius 2 is 1.42 bits per heavy atom. The van der Waals surface area contributed by atoms with Gasteiger partial charge in [0.05, 0.1) is 21.0 Å². The SMILES string of the molecule is CC1(C)OB(c2ccc3c(c2)-c2ccccc2S3(=O)=O)OC1(C)C. The van der Waals surface area contributed by atoms with Gasteiger partial charge in [-0.2, -0.15) is 0 Å². The van der Waals surface area contributed by atoms with Crippen molar-refractivity contribution >= 4 is 22.4 Å². The summed E-state index contributed by atoms with van der Waals surface area (Å²) in [4.78, 5) is 0.718. The van der Waals surface area contributed by atoms with E-state index >= 15 is 0 Å². The molecule has 0 aromatic heterocycles. The van der Waals surface area contributed by atoms with Gasteiger partial charge in [0.25, 0.3) is 0 Å². The summed E-state index contributed by atoms with van der Waals surface area (Å²) in [6.07, 6.45) is 0. The van der Waals surface area contributed by atoms with Crippen molar-refractivity contribution in [2.75, 3.05) is 0 Å². The zero-order valence-corrected chi connectivity index (χ0v) is 15.0. The van der Waals surface area contributed by atoms with Gasteiger partial charge >= 0.3 is 7.12 Å². The lowest BCUT2D eigenvalue weighted by atomic mass is 9.78. The van der Waals surface area contributed by atoms with Crippen LogP contribution in [0.3, 0.4) is 0 Å². The first-order chi connectivity index (χ1) is 11.1. The lowest BCUT2D eigenvalue weighted by Gasteiger charge is -2.32. The van der Waals surface area contributed by atoms with Crippen LogP contribution in [0.1, 0.15) is 27.7 Å². The molecule has 0 saturated carbocycles. The maximum Gasteiger partial charge on any atom is 0.494 e. The molecule has 1 fully saturated rings. The summed E-state index contributed by atoms with van der Waals surface area (Å²) >= 11 is 0. The third kappa shape index (κ3) is 2.03. The molecule has 0 bridgehead atoms. The van der Waals surface area contributed by atoms with Crippen LogP contribution < -0.4 is 5.46 Å². The predicted octanol–water partition coefficient (Wildman–Crippen LogP) is 2.80. The Morgan fingerprint density at radius 1 is 0.833 bits per heavy atom. The molecular formula is C18H19BO4S. The van der Waals surface area contributed by atoms with E-state index in [1.165, 1.54) is 0 Å². The summed E-state index contributed by atoms with van der Waals surface area (Å²) in [6, 6.07) is 12.4. The van der Waals surface area contributed by atoms with Crippen molar-refractivity contribution in [3.8, 4) is 11.1 Å². The Bertz CT molecular complexity index is 931. The molecule has 0 atom stereocenters. The summed E-state index contributed by atoms with van der Waals surface area (Å²) < 4.78 is 37.5. The van der Waals surface area contributed by atoms with Crippen LogP contribution in [0.2, 0.25) is 0 Å². The molecule has 2 aromatic rings. The first-order valence-corrected chi connectivity index (χ1v) is 9.46. The van der Waals surface area contributed by atoms with Gasteiger partial charge in [-0.3, -0.25) is 0 Å². The largest absolute Gasteiger partial charge is 0.494 e. The summed E-state index contributed by atoms with van der Waals surface area (Å²) in [7, 11) is -3.94. The second kappa shape index (κ2) is 4.72. The lowest BCUT2D eigenvalue weighted by molar-refractivity contribution is 0.00578. The zero-order chi connectivity index (χ0) is 17.3. The molecule has 1 saturated heterocycles. The van der Waals surface area contributed by atoms with Crippen molar-refractivity contribution in [1.29, 1.82) is 0 Å². The van der Waals surface area contributed by atoms with Crippen LogP contribution in [-0.2, 0) is 19.1 Å². The minimum atomic E-state index is -3.43. The number of benzene rings is 2. The molecule has 4 nitrogen and oxygen atoms in total. The Morgan fingerprint density at radius 3 is 2.08 bits per heavy atom. The van der Waals surface area contributed by atoms with E-state index in [4.69, 9.17) is 9.31 Å². The van der Waals surface area contributed by atoms with Gasteiger partial charge in [-0.15, -0.1) is 0 Å². The highest BCUT2D eigenvalue weighted by molar-refractivity contribution is 7.92. The molecule has 0 unspecified atom stereocenters. The minimum absolute atomic E-state index is 0.351. The van der Waals surface area contributed by atoms with Crippen molar-refractivity contribution < 1.29 is 17.7 Å². The number of hydrogen-bond donors (Lipinski definition) is 0. The quantitative estimate of drug-likeness (QED) is 0.638. The van der Waals surface area contributed by atoms with Gasteiger partial charge in [-0.1, -0.05) is 30.3 Å². The van der Waals surface area contributed by atoms with E-state index in [9.17, 15) is 8.42 Å². The topological polar surface area (TPSA) is 52.6 Å². The number of sulfone groups is 1. The van der Waals surface area contributed by atoms with E-state index in [0.29, 0.717) is 9.79 Å². The summed E-state index contributed by atoms with van der Waals surface area (Å²) in [5.41, 5.74) is 1.43. The molecule has 0 N–H and O–H groups in total. The Kier molecular flexibility index (Phi) is 3.12. The van der Waals surface area contributed by atoms with Gasteiger partial charge in [-0.25, -0.2) is 8.42 Å². The van der Waals surface area contributed by atoms with E-state index in [-0.39, 0.29) is 0 Å². The second-order valence-corrected chi connectivity index (χ2v) is 9.23. The summed E-state index contributed by atoms with van der Waals surface area (Å²) in [5.74, 6) is 0. The Hall–Kier alpha value is -1.63. The smallest absolute Gasteiger partial charge is 0.399 e. The van der Waals surface area contributed by atoms with Crippen LogP contribution in [0, 0.1) is 0 Å². The number of hydrogen-bond acceptors (Lipinski definition) is 4. The molecule has 124 valence electrons. The second-order valence-electron chi connectivity index (χ2n) is 7.34. The van der Waals surface area contributed by atoms with Gasteiger partial charge in [0.2, 0.25) is 9.84 Å². The molecular weight excluding hydrogens is 323 g/mol. The van der Waals surface area contributed by atoms with Crippen molar-refractivity contribution in [3.63, 3.8) is 0 Å². The van der Waals surface area contributed by atoms with Crippen LogP contribution >= 0.6 is 0 Å². The van der Waals surface area contributed by atoms with Gasteiger partial charge in [-0.05, 0) is 45.3 Å². The lowest BCUT2D eigenvalue weighted by Crippen LogP contribution is -2.41. The minimum Gasteiger partial charge on any atom is -0.399 e. The maximum absolute atomic E-state index is 12.7. The standard InChI is InChI=1S/C18H19BO4S/c1-17(2)18(3,4)23-19(22-17)12-9-10-16-14(11-12)13-7-5-6-8-15(13)24(16,20)21/h5-11H,1-4H3. The van der Waals surface area contributed by atoms with Crippen molar-refractivity contribution in [1.82, 2.24) is 0 Å². The van der Waals surface area contributed by atoms with E-state index < -0.39 is 28.2 Å². The molecule has 0 radical (unpaired) electrons. The molecule has 0 aliphatic carbocycles. The highest BCUT2D eigenvalue weighted by Crippen LogP contribution is 2.43. The Balaban J connectivity index is 1.83. The van der Waals surface area contributed by atoms with Crippen LogP contribution in [0.4, 0.5) is 0 Å². The predicted molar refractivity (Wildman–Crippen MR) is 93.0 cm³/mol. The van der Waals surface area contributed by atoms with Crippen LogP contribution in [0.15, 0.2) is 52.3 Å². The van der Waals surface area contributed by atoms with Gasteiger partial charge in [0.15, 0.2) is 0 Å². The molecule has 0 spiro atoms. The van der Waals surface area contributed by atoms with Crippen LogP contribution in [-0.4, -0.2) is 26.7 Å². The molecule has 2 heterocycles. The monoisotopic (exact) mass is 342 g/mol. The fraction of sp³-hybridized carbons (Fsp3) is 0.333. The van der Waals surface area contributed by atoms with Gasteiger partial charge < -0.3 is 9.31 Å². The van der Waals surface area contributed by atoms with E-state index in [2.05, 4.69) is 0 Å². The third-order valence-electron chi connectivity index (χ3n) is 5.29. The Labute approximate surface area is 142 Å². The highest BCUT2D eigenvalue weighted by Gasteiger charge is 2.52. The molecule has 0 amide bonds. The molecule has 2 aliphatic heterocycles. The van der Waals surface area contributed by atoms with E-state index in [1.54, 1.807) is 24.3 Å². The molecule has 6 heteroatoms. The molecule has 4 rings (SSSR count). The van der Waals surface area contributed by atoms with Crippen molar-refractivity contribution in [2.24, 2.45) is 0 Å². The number of rotatable bonds is 1. The van der Waals surface area contributed by atoms with Crippen molar-refractivity contribution in [3.05, 3.63) is 42.5 Å². The zero-order valence-electron chi connectivity index (χ0n) is 14.2. The highest BCUT2D eigenvalue weighted by atomic mass is 32.2. The fourth-order valence-corrected chi connectivity index (χ4v) is 4.83. The van der Waals surface area contributed by atoms with Crippen LogP contribution in [0.5, 0.6) is 0 Å². The molecule has 2 aliphatic rings. The van der Waals surface area contributed by atoms with Crippen molar-refractivity contribution in [2.45, 2.75) is 48.7 Å². The third-order valence-corrected chi connectivity index (χ3v) is 7.16. The normalized spacial score (nSPS) is 22.2. The fourth-order valence-electron chi connectivity index (χ4n) is 3.16. The summed E-state index contributed by atoms with van der Waals surface area (Å²) in [6.45, 7) is 8.00. The van der Waals surface area contributed by atoms with Gasteiger partial charge in [0.1, 0.15) is 0 Å². The van der Waals surface area contributed by atoms with E-state index in [0.717, 1.165) is 16.6 Å². The van der Waals surface area contributed by atoms with E-state index in [1.807, 2.05) is 45.9 Å². The van der Waals surface area contributed by atoms with Gasteiger partial charge in [0, 0.05) is 11.1 Å². The molecule has 24 heavy (non-hydrogen) atoms. The first kappa shape index (κ1) is 15.9. The average molecular weight is 342 g/mol. The first-order valence-electron chi connectivity index (χ1n) is 7.98. The van der Waals surface area contributed by atoms with Crippen LogP contribution in [0.25, 0.3) is 11.1 Å². The summed E-state index contributed by atoms with van der Waals surface area (Å²) in [5, 5.41) is 0. The number of fused-ring (bicyclic) bond motifs is 3. The average Bonchev–Trinajstić information content (AvgIpc) is 2.88. The molecule has 2 aromatic carbocycles. The maximum atomic E-state index is 12.7.